The molecule has 136 valence electrons. The van der Waals surface area contributed by atoms with Gasteiger partial charge in [-0.25, -0.2) is 9.67 Å². The summed E-state index contributed by atoms with van der Waals surface area (Å²) >= 11 is 6.03. The van der Waals surface area contributed by atoms with Crippen LogP contribution in [0, 0.1) is 6.92 Å². The summed E-state index contributed by atoms with van der Waals surface area (Å²) in [6, 6.07) is 3.99. The molecule has 0 aliphatic heterocycles. The van der Waals surface area contributed by atoms with E-state index in [1.165, 1.54) is 16.8 Å². The van der Waals surface area contributed by atoms with E-state index in [-0.39, 0.29) is 10.6 Å². The van der Waals surface area contributed by atoms with Gasteiger partial charge < -0.3 is 4.98 Å². The molecule has 10 heteroatoms. The van der Waals surface area contributed by atoms with Crippen LogP contribution in [0.15, 0.2) is 35.3 Å². The summed E-state index contributed by atoms with van der Waals surface area (Å²) in [5.74, 6) is 0.431. The van der Waals surface area contributed by atoms with Gasteiger partial charge in [-0.05, 0) is 31.5 Å². The van der Waals surface area contributed by atoms with Crippen LogP contribution >= 0.6 is 11.6 Å². The molecular formula is C16H13ClF3N5O. The van der Waals surface area contributed by atoms with Crippen molar-refractivity contribution in [1.29, 1.82) is 0 Å². The topological polar surface area (TPSA) is 76.5 Å². The van der Waals surface area contributed by atoms with E-state index in [9.17, 15) is 18.0 Å². The quantitative estimate of drug-likeness (QED) is 0.749. The van der Waals surface area contributed by atoms with Crippen molar-refractivity contribution in [3.8, 4) is 11.4 Å². The summed E-state index contributed by atoms with van der Waals surface area (Å²) in [7, 11) is 0. The van der Waals surface area contributed by atoms with Gasteiger partial charge in [0.15, 0.2) is 0 Å². The fourth-order valence-corrected chi connectivity index (χ4v) is 2.82. The molecule has 0 fully saturated rings. The average Bonchev–Trinajstić information content (AvgIpc) is 3.02. The molecule has 0 saturated carbocycles. The molecule has 0 aliphatic rings. The van der Waals surface area contributed by atoms with Crippen molar-refractivity contribution in [2.24, 2.45) is 0 Å². The van der Waals surface area contributed by atoms with Crippen molar-refractivity contribution in [1.82, 2.24) is 25.0 Å². The molecule has 3 aromatic rings. The smallest absolute Gasteiger partial charge is 0.311 e. The molecule has 6 nitrogen and oxygen atoms in total. The van der Waals surface area contributed by atoms with E-state index in [2.05, 4.69) is 20.3 Å². The number of aryl methyl sites for hydroxylation is 1. The zero-order valence-electron chi connectivity index (χ0n) is 13.7. The molecule has 0 aliphatic carbocycles. The van der Waals surface area contributed by atoms with Crippen LogP contribution in [0.3, 0.4) is 0 Å². The maximum Gasteiger partial charge on any atom is 0.416 e. The molecule has 0 bridgehead atoms. The summed E-state index contributed by atoms with van der Waals surface area (Å²) in [6.45, 7) is 3.36. The van der Waals surface area contributed by atoms with E-state index in [1.54, 1.807) is 20.0 Å². The van der Waals surface area contributed by atoms with Gasteiger partial charge in [-0.15, -0.1) is 5.10 Å². The summed E-state index contributed by atoms with van der Waals surface area (Å²) in [5.41, 5.74) is 0.0465. The molecule has 1 atom stereocenters. The predicted octanol–water partition coefficient (Wildman–Crippen LogP) is 3.62. The monoisotopic (exact) mass is 383 g/mol. The van der Waals surface area contributed by atoms with Crippen molar-refractivity contribution in [3.63, 3.8) is 0 Å². The minimum atomic E-state index is -4.46. The minimum Gasteiger partial charge on any atom is -0.311 e. The van der Waals surface area contributed by atoms with Gasteiger partial charge in [-0.1, -0.05) is 22.9 Å². The molecule has 2 heterocycles. The Morgan fingerprint density at radius 1 is 1.23 bits per heavy atom. The average molecular weight is 384 g/mol. The third-order valence-electron chi connectivity index (χ3n) is 3.81. The lowest BCUT2D eigenvalue weighted by molar-refractivity contribution is -0.137. The number of benzene rings is 1. The Morgan fingerprint density at radius 2 is 1.96 bits per heavy atom. The van der Waals surface area contributed by atoms with Gasteiger partial charge in [0.2, 0.25) is 0 Å². The number of alkyl halides is 3. The lowest BCUT2D eigenvalue weighted by atomic mass is 10.1. The molecule has 0 unspecified atom stereocenters. The van der Waals surface area contributed by atoms with E-state index < -0.39 is 17.8 Å². The molecule has 0 radical (unpaired) electrons. The Labute approximate surface area is 150 Å². The Kier molecular flexibility index (Phi) is 4.57. The van der Waals surface area contributed by atoms with Crippen LogP contribution in [0.5, 0.6) is 0 Å². The van der Waals surface area contributed by atoms with Gasteiger partial charge in [-0.2, -0.15) is 13.2 Å². The first kappa shape index (κ1) is 18.1. The van der Waals surface area contributed by atoms with Crippen molar-refractivity contribution < 1.29 is 13.2 Å². The SMILES string of the molecule is Cc1nc(-c2cn([C@@H](C)c3ccc(C(F)(F)F)cc3Cl)nn2)cc(=O)[nH]1. The van der Waals surface area contributed by atoms with Crippen LogP contribution in [-0.4, -0.2) is 25.0 Å². The summed E-state index contributed by atoms with van der Waals surface area (Å²) in [4.78, 5) is 18.3. The number of H-pyrrole nitrogens is 1. The second kappa shape index (κ2) is 6.56. The fourth-order valence-electron chi connectivity index (χ4n) is 2.48. The molecule has 0 spiro atoms. The highest BCUT2D eigenvalue weighted by atomic mass is 35.5. The standard InChI is InChI=1S/C16H13ClF3N5O/c1-8(11-4-3-10(5-12(11)17)16(18,19)20)25-7-14(23-24-25)13-6-15(26)22-9(2)21-13/h3-8H,1-2H3,(H,21,22,26)/t8-/m0/s1. The van der Waals surface area contributed by atoms with E-state index in [0.717, 1.165) is 12.1 Å². The van der Waals surface area contributed by atoms with Crippen LogP contribution in [0.4, 0.5) is 13.2 Å². The highest BCUT2D eigenvalue weighted by Crippen LogP contribution is 2.34. The zero-order valence-corrected chi connectivity index (χ0v) is 14.4. The maximum absolute atomic E-state index is 12.8. The number of rotatable bonds is 3. The normalized spacial score (nSPS) is 13.0. The number of hydrogen-bond acceptors (Lipinski definition) is 4. The van der Waals surface area contributed by atoms with E-state index in [1.807, 2.05) is 0 Å². The van der Waals surface area contributed by atoms with Crippen molar-refractivity contribution >= 4 is 11.6 Å². The van der Waals surface area contributed by atoms with Crippen LogP contribution in [0.25, 0.3) is 11.4 Å². The molecule has 3 rings (SSSR count). The number of aromatic nitrogens is 5. The zero-order chi connectivity index (χ0) is 19.1. The second-order valence-electron chi connectivity index (χ2n) is 5.71. The Balaban J connectivity index is 1.93. The van der Waals surface area contributed by atoms with Crippen LogP contribution < -0.4 is 5.56 Å². The lowest BCUT2D eigenvalue weighted by Crippen LogP contribution is -2.10. The minimum absolute atomic E-state index is 0.0190. The van der Waals surface area contributed by atoms with Crippen molar-refractivity contribution in [2.75, 3.05) is 0 Å². The number of nitrogens with one attached hydrogen (secondary N) is 1. The maximum atomic E-state index is 12.8. The molecule has 1 N–H and O–H groups in total. The van der Waals surface area contributed by atoms with Gasteiger partial charge in [0.05, 0.1) is 23.5 Å². The summed E-state index contributed by atoms with van der Waals surface area (Å²) in [6.07, 6.45) is -2.91. The van der Waals surface area contributed by atoms with Crippen LogP contribution in [0.1, 0.15) is 29.9 Å². The lowest BCUT2D eigenvalue weighted by Gasteiger charge is -2.15. The first-order valence-electron chi connectivity index (χ1n) is 7.52. The molecule has 0 saturated heterocycles. The van der Waals surface area contributed by atoms with Crippen molar-refractivity contribution in [2.45, 2.75) is 26.1 Å². The largest absolute Gasteiger partial charge is 0.416 e. The Morgan fingerprint density at radius 3 is 2.58 bits per heavy atom. The first-order chi connectivity index (χ1) is 12.1. The van der Waals surface area contributed by atoms with Crippen molar-refractivity contribution in [3.05, 3.63) is 62.8 Å². The third kappa shape index (κ3) is 3.62. The summed E-state index contributed by atoms with van der Waals surface area (Å²) in [5, 5.41) is 7.93. The van der Waals surface area contributed by atoms with Gasteiger partial charge in [0, 0.05) is 11.1 Å². The van der Waals surface area contributed by atoms with Crippen LogP contribution in [-0.2, 0) is 6.18 Å². The summed E-state index contributed by atoms with van der Waals surface area (Å²) < 4.78 is 39.7. The van der Waals surface area contributed by atoms with E-state index in [0.29, 0.717) is 22.8 Å². The van der Waals surface area contributed by atoms with Gasteiger partial charge in [0.25, 0.3) is 5.56 Å². The predicted molar refractivity (Wildman–Crippen MR) is 88.9 cm³/mol. The highest BCUT2D eigenvalue weighted by Gasteiger charge is 2.31. The van der Waals surface area contributed by atoms with E-state index >= 15 is 0 Å². The van der Waals surface area contributed by atoms with Crippen LogP contribution in [0.2, 0.25) is 5.02 Å². The number of nitrogens with zero attached hydrogens (tertiary/aromatic N) is 4. The molecular weight excluding hydrogens is 371 g/mol. The molecule has 1 aromatic carbocycles. The number of hydrogen-bond donors (Lipinski definition) is 1. The number of aromatic amines is 1. The Hall–Kier alpha value is -2.68. The molecule has 26 heavy (non-hydrogen) atoms. The first-order valence-corrected chi connectivity index (χ1v) is 7.90. The second-order valence-corrected chi connectivity index (χ2v) is 6.12. The van der Waals surface area contributed by atoms with E-state index in [4.69, 9.17) is 11.6 Å². The Bertz CT molecular complexity index is 1010. The fraction of sp³-hybridized carbons (Fsp3) is 0.250. The van der Waals surface area contributed by atoms with Gasteiger partial charge in [0.1, 0.15) is 11.5 Å². The molecule has 0 amide bonds. The molecule has 2 aromatic heterocycles. The number of halogens is 4. The van der Waals surface area contributed by atoms with Gasteiger partial charge >= 0.3 is 6.18 Å². The highest BCUT2D eigenvalue weighted by molar-refractivity contribution is 6.31. The third-order valence-corrected chi connectivity index (χ3v) is 4.13. The van der Waals surface area contributed by atoms with Gasteiger partial charge in [-0.3, -0.25) is 4.79 Å².